The first-order valence-electron chi connectivity index (χ1n) is 10.0. The minimum absolute atomic E-state index is 0.0233. The highest BCUT2D eigenvalue weighted by molar-refractivity contribution is 5.97. The van der Waals surface area contributed by atoms with Crippen molar-refractivity contribution in [2.45, 2.75) is 38.1 Å². The van der Waals surface area contributed by atoms with Crippen LogP contribution < -0.4 is 0 Å². The van der Waals surface area contributed by atoms with Gasteiger partial charge in [-0.15, -0.1) is 0 Å². The molecule has 0 spiro atoms. The van der Waals surface area contributed by atoms with E-state index in [1.807, 2.05) is 4.90 Å². The number of amides is 1. The summed E-state index contributed by atoms with van der Waals surface area (Å²) in [7, 11) is 0. The topological polar surface area (TPSA) is 53.5 Å². The molecule has 5 nitrogen and oxygen atoms in total. The highest BCUT2D eigenvalue weighted by Crippen LogP contribution is 2.41. The third-order valence-electron chi connectivity index (χ3n) is 6.04. The Bertz CT molecular complexity index is 878. The second kappa shape index (κ2) is 7.47. The van der Waals surface area contributed by atoms with E-state index in [9.17, 15) is 9.59 Å². The van der Waals surface area contributed by atoms with Crippen LogP contribution in [-0.2, 0) is 10.2 Å². The quantitative estimate of drug-likeness (QED) is 0.768. The van der Waals surface area contributed by atoms with Gasteiger partial charge in [-0.05, 0) is 23.3 Å². The molecule has 28 heavy (non-hydrogen) atoms. The van der Waals surface area contributed by atoms with Crippen molar-refractivity contribution in [2.75, 3.05) is 26.2 Å². The van der Waals surface area contributed by atoms with Crippen molar-refractivity contribution in [1.82, 2.24) is 14.8 Å². The summed E-state index contributed by atoms with van der Waals surface area (Å²) in [6.07, 6.45) is 3.70. The Labute approximate surface area is 166 Å². The number of carbonyl (C=O) groups excluding carboxylic acids is 2. The molecular formula is C23H27N3O2. The molecule has 0 N–H and O–H groups in total. The van der Waals surface area contributed by atoms with Crippen LogP contribution in [-0.4, -0.2) is 52.7 Å². The van der Waals surface area contributed by atoms with Crippen molar-refractivity contribution in [2.24, 2.45) is 0 Å². The summed E-state index contributed by atoms with van der Waals surface area (Å²) in [5, 5.41) is 0. The van der Waals surface area contributed by atoms with Gasteiger partial charge in [0, 0.05) is 62.4 Å². The molecule has 0 bridgehead atoms. The molecule has 2 aliphatic heterocycles. The fourth-order valence-corrected chi connectivity index (χ4v) is 4.58. The number of rotatable bonds is 4. The maximum absolute atomic E-state index is 12.8. The summed E-state index contributed by atoms with van der Waals surface area (Å²) in [5.41, 5.74) is 3.42. The van der Waals surface area contributed by atoms with Crippen LogP contribution in [0.4, 0.5) is 0 Å². The number of aromatic nitrogens is 1. The average Bonchev–Trinajstić information content (AvgIpc) is 2.72. The van der Waals surface area contributed by atoms with Crippen molar-refractivity contribution < 1.29 is 9.59 Å². The first-order valence-corrected chi connectivity index (χ1v) is 10.0. The van der Waals surface area contributed by atoms with Crippen LogP contribution in [0.25, 0.3) is 0 Å². The number of carbonyl (C=O) groups is 2. The van der Waals surface area contributed by atoms with Crippen molar-refractivity contribution in [1.29, 1.82) is 0 Å². The fourth-order valence-electron chi connectivity index (χ4n) is 4.58. The van der Waals surface area contributed by atoms with E-state index < -0.39 is 0 Å². The number of benzene rings is 1. The van der Waals surface area contributed by atoms with Gasteiger partial charge in [-0.2, -0.15) is 0 Å². The first-order chi connectivity index (χ1) is 13.5. The standard InChI is InChI=1S/C23H27N3O2/c1-23(2)16-26-13-12-25(15-20(26)18-7-3-4-8-19(18)23)22(28)10-9-21(27)17-6-5-11-24-14-17/h3-8,11,14,20H,9-10,12-13,15-16H2,1-2H3. The predicted octanol–water partition coefficient (Wildman–Crippen LogP) is 3.22. The van der Waals surface area contributed by atoms with Crippen LogP contribution in [0.3, 0.4) is 0 Å². The van der Waals surface area contributed by atoms with Gasteiger partial charge in [-0.1, -0.05) is 38.1 Å². The maximum Gasteiger partial charge on any atom is 0.223 e. The SMILES string of the molecule is CC1(C)CN2CCN(C(=O)CCC(=O)c3cccnc3)CC2c2ccccc21. The second-order valence-electron chi connectivity index (χ2n) is 8.46. The van der Waals surface area contributed by atoms with Crippen LogP contribution >= 0.6 is 0 Å². The predicted molar refractivity (Wildman–Crippen MR) is 108 cm³/mol. The van der Waals surface area contributed by atoms with E-state index in [-0.39, 0.29) is 36.0 Å². The zero-order valence-electron chi connectivity index (χ0n) is 16.6. The van der Waals surface area contributed by atoms with Crippen LogP contribution in [0.1, 0.15) is 54.2 Å². The van der Waals surface area contributed by atoms with Crippen LogP contribution in [0.5, 0.6) is 0 Å². The third-order valence-corrected chi connectivity index (χ3v) is 6.04. The maximum atomic E-state index is 12.8. The first kappa shape index (κ1) is 18.8. The van der Waals surface area contributed by atoms with E-state index in [0.29, 0.717) is 12.1 Å². The monoisotopic (exact) mass is 377 g/mol. The molecule has 1 saturated heterocycles. The lowest BCUT2D eigenvalue weighted by atomic mass is 9.75. The van der Waals surface area contributed by atoms with Gasteiger partial charge >= 0.3 is 0 Å². The Morgan fingerprint density at radius 1 is 1.11 bits per heavy atom. The van der Waals surface area contributed by atoms with Crippen molar-refractivity contribution in [3.63, 3.8) is 0 Å². The molecule has 1 unspecified atom stereocenters. The van der Waals surface area contributed by atoms with Crippen molar-refractivity contribution >= 4 is 11.7 Å². The summed E-state index contributed by atoms with van der Waals surface area (Å²) in [4.78, 5) is 33.5. The molecule has 1 amide bonds. The fraction of sp³-hybridized carbons (Fsp3) is 0.435. The normalized spacial score (nSPS) is 20.9. The molecule has 1 aromatic heterocycles. The smallest absolute Gasteiger partial charge is 0.223 e. The van der Waals surface area contributed by atoms with E-state index in [2.05, 4.69) is 48.0 Å². The Kier molecular flexibility index (Phi) is 5.02. The van der Waals surface area contributed by atoms with Gasteiger partial charge in [0.1, 0.15) is 0 Å². The highest BCUT2D eigenvalue weighted by atomic mass is 16.2. The lowest BCUT2D eigenvalue weighted by Crippen LogP contribution is -2.55. The second-order valence-corrected chi connectivity index (χ2v) is 8.46. The molecule has 1 fully saturated rings. The van der Waals surface area contributed by atoms with Gasteiger partial charge in [0.05, 0.1) is 6.04 Å². The van der Waals surface area contributed by atoms with E-state index >= 15 is 0 Å². The highest BCUT2D eigenvalue weighted by Gasteiger charge is 2.40. The number of Topliss-reactive ketones (excluding diaryl/α,β-unsaturated/α-hetero) is 1. The molecule has 5 heteroatoms. The number of fused-ring (bicyclic) bond motifs is 3. The van der Waals surface area contributed by atoms with Crippen molar-refractivity contribution in [3.8, 4) is 0 Å². The molecule has 0 saturated carbocycles. The lowest BCUT2D eigenvalue weighted by Gasteiger charge is -2.50. The number of hydrogen-bond donors (Lipinski definition) is 0. The third kappa shape index (κ3) is 3.59. The largest absolute Gasteiger partial charge is 0.339 e. The molecule has 2 aliphatic rings. The summed E-state index contributed by atoms with van der Waals surface area (Å²) in [5.74, 6) is 0.0454. The summed E-state index contributed by atoms with van der Waals surface area (Å²) >= 11 is 0. The Morgan fingerprint density at radius 3 is 2.71 bits per heavy atom. The van der Waals surface area contributed by atoms with E-state index in [1.54, 1.807) is 24.5 Å². The van der Waals surface area contributed by atoms with Gasteiger partial charge in [-0.3, -0.25) is 19.5 Å². The molecule has 2 aromatic rings. The summed E-state index contributed by atoms with van der Waals surface area (Å²) < 4.78 is 0. The molecule has 0 aliphatic carbocycles. The Hall–Kier alpha value is -2.53. The van der Waals surface area contributed by atoms with Crippen LogP contribution in [0, 0.1) is 0 Å². The molecule has 4 rings (SSSR count). The minimum Gasteiger partial charge on any atom is -0.339 e. The number of pyridine rings is 1. The van der Waals surface area contributed by atoms with Crippen LogP contribution in [0.2, 0.25) is 0 Å². The van der Waals surface area contributed by atoms with E-state index in [4.69, 9.17) is 0 Å². The molecule has 1 atom stereocenters. The van der Waals surface area contributed by atoms with Crippen LogP contribution in [0.15, 0.2) is 48.8 Å². The Morgan fingerprint density at radius 2 is 1.93 bits per heavy atom. The van der Waals surface area contributed by atoms with Gasteiger partial charge in [-0.25, -0.2) is 0 Å². The molecular weight excluding hydrogens is 350 g/mol. The molecule has 0 radical (unpaired) electrons. The van der Waals surface area contributed by atoms with Crippen molar-refractivity contribution in [3.05, 3.63) is 65.5 Å². The van der Waals surface area contributed by atoms with Gasteiger partial charge in [0.15, 0.2) is 5.78 Å². The molecule has 1 aromatic carbocycles. The number of nitrogens with zero attached hydrogens (tertiary/aromatic N) is 3. The number of ketones is 1. The van der Waals surface area contributed by atoms with Gasteiger partial charge in [0.2, 0.25) is 5.91 Å². The number of hydrogen-bond acceptors (Lipinski definition) is 4. The van der Waals surface area contributed by atoms with E-state index in [0.717, 1.165) is 19.6 Å². The minimum atomic E-state index is -0.0233. The number of piperazine rings is 1. The molecule has 3 heterocycles. The summed E-state index contributed by atoms with van der Waals surface area (Å²) in [6.45, 7) is 7.91. The zero-order chi connectivity index (χ0) is 19.7. The van der Waals surface area contributed by atoms with Gasteiger partial charge in [0.25, 0.3) is 0 Å². The zero-order valence-corrected chi connectivity index (χ0v) is 16.6. The van der Waals surface area contributed by atoms with E-state index in [1.165, 1.54) is 11.1 Å². The summed E-state index contributed by atoms with van der Waals surface area (Å²) in [6, 6.07) is 12.4. The lowest BCUT2D eigenvalue weighted by molar-refractivity contribution is -0.134. The van der Waals surface area contributed by atoms with Gasteiger partial charge < -0.3 is 4.90 Å². The molecule has 146 valence electrons. The Balaban J connectivity index is 1.43. The average molecular weight is 377 g/mol.